The van der Waals surface area contributed by atoms with Crippen LogP contribution in [-0.4, -0.2) is 25.1 Å². The van der Waals surface area contributed by atoms with Gasteiger partial charge in [-0.2, -0.15) is 0 Å². The number of aliphatic hydroxyl groups excluding tert-OH is 1. The quantitative estimate of drug-likeness (QED) is 0.407. The molecule has 4 aromatic rings. The van der Waals surface area contributed by atoms with E-state index in [1.165, 1.54) is 12.8 Å². The fourth-order valence-electron chi connectivity index (χ4n) is 3.49. The second-order valence-corrected chi connectivity index (χ2v) is 8.52. The summed E-state index contributed by atoms with van der Waals surface area (Å²) in [5.74, 6) is 1.67. The first-order valence-corrected chi connectivity index (χ1v) is 10.8. The molecule has 1 atom stereocenters. The first-order chi connectivity index (χ1) is 14.6. The van der Waals surface area contributed by atoms with Crippen LogP contribution in [-0.2, 0) is 6.54 Å². The summed E-state index contributed by atoms with van der Waals surface area (Å²) in [6.07, 6.45) is 3.56. The molecule has 0 amide bonds. The maximum absolute atomic E-state index is 10.3. The minimum atomic E-state index is -0.724. The Kier molecular flexibility index (Phi) is 5.00. The summed E-state index contributed by atoms with van der Waals surface area (Å²) >= 11 is 3.62. The normalized spacial score (nSPS) is 14.8. The standard InChI is InChI=1S/C23H21BrN4O2/c1-14(29)18-11-17(16-5-3-2-4-6-16)12-25-23(18)30-20-10-9-19-22(21(20)24)26-27-28(19)13-15-7-8-15/h2-6,9-12,14-15,29H,7-8,13H2,1H3. The van der Waals surface area contributed by atoms with Crippen molar-refractivity contribution >= 4 is 27.0 Å². The van der Waals surface area contributed by atoms with Crippen LogP contribution in [0.15, 0.2) is 59.2 Å². The van der Waals surface area contributed by atoms with Gasteiger partial charge >= 0.3 is 0 Å². The molecule has 1 saturated carbocycles. The van der Waals surface area contributed by atoms with E-state index in [9.17, 15) is 5.11 Å². The van der Waals surface area contributed by atoms with Crippen molar-refractivity contribution in [3.63, 3.8) is 0 Å². The van der Waals surface area contributed by atoms with Gasteiger partial charge in [-0.3, -0.25) is 0 Å². The number of aromatic nitrogens is 4. The van der Waals surface area contributed by atoms with Gasteiger partial charge in [0.15, 0.2) is 0 Å². The van der Waals surface area contributed by atoms with Crippen LogP contribution in [0.25, 0.3) is 22.2 Å². The molecule has 1 unspecified atom stereocenters. The molecule has 2 heterocycles. The molecule has 1 aliphatic carbocycles. The molecule has 2 aromatic heterocycles. The van der Waals surface area contributed by atoms with E-state index in [0.29, 0.717) is 23.1 Å². The predicted octanol–water partition coefficient (Wildman–Crippen LogP) is 5.51. The van der Waals surface area contributed by atoms with Crippen molar-refractivity contribution in [2.24, 2.45) is 5.92 Å². The van der Waals surface area contributed by atoms with Gasteiger partial charge < -0.3 is 9.84 Å². The lowest BCUT2D eigenvalue weighted by Gasteiger charge is -2.15. The zero-order chi connectivity index (χ0) is 20.7. The zero-order valence-electron chi connectivity index (χ0n) is 16.5. The van der Waals surface area contributed by atoms with E-state index in [2.05, 4.69) is 31.2 Å². The number of benzene rings is 2. The van der Waals surface area contributed by atoms with Gasteiger partial charge in [-0.1, -0.05) is 35.5 Å². The Balaban J connectivity index is 1.48. The Morgan fingerprint density at radius 1 is 1.17 bits per heavy atom. The first-order valence-electron chi connectivity index (χ1n) is 10.0. The van der Waals surface area contributed by atoms with E-state index in [-0.39, 0.29) is 0 Å². The fourth-order valence-corrected chi connectivity index (χ4v) is 3.99. The highest BCUT2D eigenvalue weighted by atomic mass is 79.9. The third-order valence-electron chi connectivity index (χ3n) is 5.36. The Morgan fingerprint density at radius 2 is 1.97 bits per heavy atom. The number of pyridine rings is 1. The number of nitrogens with zero attached hydrogens (tertiary/aromatic N) is 4. The number of rotatable bonds is 6. The van der Waals surface area contributed by atoms with Crippen LogP contribution < -0.4 is 4.74 Å². The van der Waals surface area contributed by atoms with Gasteiger partial charge in [-0.05, 0) is 65.4 Å². The molecular formula is C23H21BrN4O2. The molecule has 1 fully saturated rings. The molecule has 5 rings (SSSR count). The molecule has 152 valence electrons. The van der Waals surface area contributed by atoms with Crippen LogP contribution in [0, 0.1) is 5.92 Å². The minimum absolute atomic E-state index is 0.370. The van der Waals surface area contributed by atoms with Gasteiger partial charge in [0, 0.05) is 23.9 Å². The van der Waals surface area contributed by atoms with E-state index in [1.807, 2.05) is 53.2 Å². The highest BCUT2D eigenvalue weighted by Crippen LogP contribution is 2.38. The topological polar surface area (TPSA) is 73.1 Å². The van der Waals surface area contributed by atoms with Crippen LogP contribution in [0.4, 0.5) is 0 Å². The SMILES string of the molecule is CC(O)c1cc(-c2ccccc2)cnc1Oc1ccc2c(nnn2CC2CC2)c1Br. The molecule has 1 aliphatic rings. The zero-order valence-corrected chi connectivity index (χ0v) is 18.1. The fraction of sp³-hybridized carbons (Fsp3) is 0.261. The third-order valence-corrected chi connectivity index (χ3v) is 6.13. The molecule has 6 nitrogen and oxygen atoms in total. The van der Waals surface area contributed by atoms with Crippen molar-refractivity contribution in [2.45, 2.75) is 32.4 Å². The molecular weight excluding hydrogens is 444 g/mol. The van der Waals surface area contributed by atoms with Crippen molar-refractivity contribution in [1.29, 1.82) is 0 Å². The average molecular weight is 465 g/mol. The summed E-state index contributed by atoms with van der Waals surface area (Å²) in [6, 6.07) is 15.7. The first kappa shape index (κ1) is 19.2. The lowest BCUT2D eigenvalue weighted by molar-refractivity contribution is 0.194. The van der Waals surface area contributed by atoms with Crippen LogP contribution >= 0.6 is 15.9 Å². The molecule has 1 N–H and O–H groups in total. The molecule has 30 heavy (non-hydrogen) atoms. The van der Waals surface area contributed by atoms with E-state index >= 15 is 0 Å². The second kappa shape index (κ2) is 7.81. The maximum atomic E-state index is 10.3. The highest BCUT2D eigenvalue weighted by molar-refractivity contribution is 9.10. The Bertz CT molecular complexity index is 1200. The third kappa shape index (κ3) is 3.70. The van der Waals surface area contributed by atoms with Gasteiger partial charge in [-0.15, -0.1) is 5.10 Å². The lowest BCUT2D eigenvalue weighted by atomic mass is 10.0. The van der Waals surface area contributed by atoms with Crippen LogP contribution in [0.5, 0.6) is 11.6 Å². The highest BCUT2D eigenvalue weighted by Gasteiger charge is 2.24. The number of fused-ring (bicyclic) bond motifs is 1. The summed E-state index contributed by atoms with van der Waals surface area (Å²) < 4.78 is 8.79. The van der Waals surface area contributed by atoms with Gasteiger partial charge in [0.05, 0.1) is 16.1 Å². The number of ether oxygens (including phenoxy) is 1. The molecule has 0 saturated heterocycles. The summed E-state index contributed by atoms with van der Waals surface area (Å²) in [5, 5.41) is 19.0. The molecule has 2 aromatic carbocycles. The van der Waals surface area contributed by atoms with E-state index < -0.39 is 6.10 Å². The number of hydrogen-bond donors (Lipinski definition) is 1. The van der Waals surface area contributed by atoms with Gasteiger partial charge in [0.2, 0.25) is 5.88 Å². The molecule has 0 spiro atoms. The number of halogens is 1. The largest absolute Gasteiger partial charge is 0.437 e. The van der Waals surface area contributed by atoms with E-state index in [1.54, 1.807) is 13.1 Å². The Morgan fingerprint density at radius 3 is 2.70 bits per heavy atom. The number of aliphatic hydroxyl groups is 1. The summed E-state index contributed by atoms with van der Waals surface area (Å²) in [5.41, 5.74) is 4.32. The van der Waals surface area contributed by atoms with Crippen LogP contribution in [0.3, 0.4) is 0 Å². The van der Waals surface area contributed by atoms with Gasteiger partial charge in [-0.25, -0.2) is 9.67 Å². The summed E-state index contributed by atoms with van der Waals surface area (Å²) in [7, 11) is 0. The summed E-state index contributed by atoms with van der Waals surface area (Å²) in [4.78, 5) is 4.50. The second-order valence-electron chi connectivity index (χ2n) is 7.72. The van der Waals surface area contributed by atoms with Crippen LogP contribution in [0.1, 0.15) is 31.4 Å². The van der Waals surface area contributed by atoms with Crippen LogP contribution in [0.2, 0.25) is 0 Å². The van der Waals surface area contributed by atoms with Crippen molar-refractivity contribution in [2.75, 3.05) is 0 Å². The van der Waals surface area contributed by atoms with Crippen molar-refractivity contribution in [3.05, 3.63) is 64.8 Å². The van der Waals surface area contributed by atoms with Gasteiger partial charge in [0.25, 0.3) is 0 Å². The van der Waals surface area contributed by atoms with Crippen molar-refractivity contribution in [3.8, 4) is 22.8 Å². The van der Waals surface area contributed by atoms with Crippen molar-refractivity contribution in [1.82, 2.24) is 20.0 Å². The minimum Gasteiger partial charge on any atom is -0.437 e. The van der Waals surface area contributed by atoms with E-state index in [0.717, 1.165) is 33.2 Å². The molecule has 0 radical (unpaired) electrons. The Labute approximate surface area is 182 Å². The molecule has 0 bridgehead atoms. The van der Waals surface area contributed by atoms with E-state index in [4.69, 9.17) is 4.74 Å². The monoisotopic (exact) mass is 464 g/mol. The smallest absolute Gasteiger partial charge is 0.225 e. The lowest BCUT2D eigenvalue weighted by Crippen LogP contribution is -2.02. The average Bonchev–Trinajstić information content (AvgIpc) is 3.49. The van der Waals surface area contributed by atoms with Crippen molar-refractivity contribution < 1.29 is 9.84 Å². The molecule has 7 heteroatoms. The van der Waals surface area contributed by atoms with Gasteiger partial charge in [0.1, 0.15) is 11.3 Å². The molecule has 0 aliphatic heterocycles. The summed E-state index contributed by atoms with van der Waals surface area (Å²) in [6.45, 7) is 2.61. The maximum Gasteiger partial charge on any atom is 0.225 e. The Hall–Kier alpha value is -2.77. The predicted molar refractivity (Wildman–Crippen MR) is 118 cm³/mol. The number of hydrogen-bond acceptors (Lipinski definition) is 5.